The average molecular weight is 502 g/mol. The van der Waals surface area contributed by atoms with Gasteiger partial charge in [-0.1, -0.05) is 12.1 Å². The van der Waals surface area contributed by atoms with Crippen molar-refractivity contribution in [3.8, 4) is 0 Å². The average Bonchev–Trinajstić information content (AvgIpc) is 3.17. The summed E-state index contributed by atoms with van der Waals surface area (Å²) in [6.07, 6.45) is 2.95. The van der Waals surface area contributed by atoms with Crippen molar-refractivity contribution in [1.29, 1.82) is 0 Å². The van der Waals surface area contributed by atoms with E-state index in [2.05, 4.69) is 45.0 Å². The Morgan fingerprint density at radius 1 is 1.26 bits per heavy atom. The van der Waals surface area contributed by atoms with Crippen molar-refractivity contribution >= 4 is 46.3 Å². The van der Waals surface area contributed by atoms with Crippen LogP contribution in [-0.4, -0.2) is 38.2 Å². The van der Waals surface area contributed by atoms with E-state index >= 15 is 0 Å². The monoisotopic (exact) mass is 502 g/mol. The summed E-state index contributed by atoms with van der Waals surface area (Å²) >= 11 is 1.81. The van der Waals surface area contributed by atoms with Crippen LogP contribution in [0.15, 0.2) is 46.8 Å². The number of halogens is 2. The van der Waals surface area contributed by atoms with Crippen molar-refractivity contribution in [3.05, 3.63) is 53.2 Å². The molecule has 1 aromatic carbocycles. The van der Waals surface area contributed by atoms with E-state index in [-0.39, 0.29) is 29.8 Å². The van der Waals surface area contributed by atoms with E-state index in [0.717, 1.165) is 50.4 Å². The molecule has 0 saturated carbocycles. The molecule has 1 aliphatic heterocycles. The van der Waals surface area contributed by atoms with Gasteiger partial charge in [-0.15, -0.1) is 35.3 Å². The molecule has 148 valence electrons. The van der Waals surface area contributed by atoms with E-state index < -0.39 is 0 Å². The van der Waals surface area contributed by atoms with E-state index in [1.165, 1.54) is 11.1 Å². The van der Waals surface area contributed by atoms with Crippen LogP contribution in [0.1, 0.15) is 25.3 Å². The van der Waals surface area contributed by atoms with Gasteiger partial charge in [0.15, 0.2) is 5.96 Å². The standard InChI is InChI=1S/C20H27FN4S.HI/c1-2-22-20(23-11-8-16-5-3-6-17(21)15-16)24-18-9-12-25(13-10-18)19-7-4-14-26-19;/h3-7,14-15,18H,2,8-13H2,1H3,(H2,22,23,24);1H. The van der Waals surface area contributed by atoms with Crippen LogP contribution in [0.2, 0.25) is 0 Å². The van der Waals surface area contributed by atoms with Gasteiger partial charge in [0.25, 0.3) is 0 Å². The van der Waals surface area contributed by atoms with Gasteiger partial charge >= 0.3 is 0 Å². The molecule has 0 unspecified atom stereocenters. The first kappa shape index (κ1) is 21.9. The molecule has 2 heterocycles. The summed E-state index contributed by atoms with van der Waals surface area (Å²) in [6.45, 7) is 5.69. The fraction of sp³-hybridized carbons (Fsp3) is 0.450. The largest absolute Gasteiger partial charge is 0.363 e. The van der Waals surface area contributed by atoms with Gasteiger partial charge in [0, 0.05) is 32.2 Å². The van der Waals surface area contributed by atoms with Gasteiger partial charge in [-0.2, -0.15) is 0 Å². The van der Waals surface area contributed by atoms with Gasteiger partial charge in [0.1, 0.15) is 5.82 Å². The topological polar surface area (TPSA) is 39.7 Å². The van der Waals surface area contributed by atoms with Gasteiger partial charge in [-0.25, -0.2) is 4.39 Å². The van der Waals surface area contributed by atoms with E-state index in [9.17, 15) is 4.39 Å². The highest BCUT2D eigenvalue weighted by atomic mass is 127. The van der Waals surface area contributed by atoms with Gasteiger partial charge < -0.3 is 15.5 Å². The Hall–Kier alpha value is -1.35. The number of hydrogen-bond acceptors (Lipinski definition) is 3. The molecule has 0 aliphatic carbocycles. The maximum absolute atomic E-state index is 13.3. The molecule has 0 atom stereocenters. The molecule has 4 nitrogen and oxygen atoms in total. The molecule has 1 saturated heterocycles. The first-order valence-electron chi connectivity index (χ1n) is 9.32. The number of aliphatic imine (C=N–C) groups is 1. The van der Waals surface area contributed by atoms with E-state index in [4.69, 9.17) is 0 Å². The predicted molar refractivity (Wildman–Crippen MR) is 124 cm³/mol. The number of thiophene rings is 1. The maximum Gasteiger partial charge on any atom is 0.191 e. The number of rotatable bonds is 6. The van der Waals surface area contributed by atoms with Crippen LogP contribution < -0.4 is 15.5 Å². The van der Waals surface area contributed by atoms with Crippen LogP contribution in [0.3, 0.4) is 0 Å². The molecular weight excluding hydrogens is 474 g/mol. The van der Waals surface area contributed by atoms with Crippen LogP contribution in [0.4, 0.5) is 9.39 Å². The third-order valence-electron chi connectivity index (χ3n) is 4.56. The highest BCUT2D eigenvalue weighted by Gasteiger charge is 2.20. The van der Waals surface area contributed by atoms with Crippen LogP contribution in [0, 0.1) is 5.82 Å². The Kier molecular flexibility index (Phi) is 9.33. The van der Waals surface area contributed by atoms with E-state index in [1.54, 1.807) is 23.5 Å². The number of nitrogens with zero attached hydrogens (tertiary/aromatic N) is 2. The van der Waals surface area contributed by atoms with Crippen molar-refractivity contribution in [1.82, 2.24) is 10.6 Å². The fourth-order valence-electron chi connectivity index (χ4n) is 3.20. The van der Waals surface area contributed by atoms with Crippen molar-refractivity contribution in [3.63, 3.8) is 0 Å². The lowest BCUT2D eigenvalue weighted by Crippen LogP contribution is -2.48. The Labute approximate surface area is 182 Å². The van der Waals surface area contributed by atoms with Gasteiger partial charge in [0.2, 0.25) is 0 Å². The Morgan fingerprint density at radius 3 is 2.74 bits per heavy atom. The number of hydrogen-bond donors (Lipinski definition) is 2. The highest BCUT2D eigenvalue weighted by molar-refractivity contribution is 14.0. The Balaban J connectivity index is 0.00000261. The van der Waals surface area contributed by atoms with Gasteiger partial charge in [-0.05, 0) is 61.4 Å². The van der Waals surface area contributed by atoms with Crippen LogP contribution in [-0.2, 0) is 6.42 Å². The summed E-state index contributed by atoms with van der Waals surface area (Å²) in [5.74, 6) is 0.674. The minimum atomic E-state index is -0.186. The molecule has 3 rings (SSSR count). The lowest BCUT2D eigenvalue weighted by molar-refractivity contribution is 0.463. The van der Waals surface area contributed by atoms with Crippen molar-refractivity contribution in [2.24, 2.45) is 4.99 Å². The summed E-state index contributed by atoms with van der Waals surface area (Å²) in [5.41, 5.74) is 0.980. The minimum absolute atomic E-state index is 0. The SMILES string of the molecule is CCNC(=NCCc1cccc(F)c1)NC1CCN(c2cccs2)CC1.I. The predicted octanol–water partition coefficient (Wildman–Crippen LogP) is 4.27. The number of nitrogens with one attached hydrogen (secondary N) is 2. The van der Waals surface area contributed by atoms with Crippen molar-refractivity contribution in [2.45, 2.75) is 32.2 Å². The molecule has 0 radical (unpaired) electrons. The highest BCUT2D eigenvalue weighted by Crippen LogP contribution is 2.24. The number of guanidine groups is 1. The third kappa shape index (κ3) is 6.95. The quantitative estimate of drug-likeness (QED) is 0.352. The fourth-order valence-corrected chi connectivity index (χ4v) is 3.98. The van der Waals surface area contributed by atoms with Crippen molar-refractivity contribution < 1.29 is 4.39 Å². The zero-order valence-electron chi connectivity index (χ0n) is 15.7. The molecule has 0 spiro atoms. The second-order valence-corrected chi connectivity index (χ2v) is 7.42. The summed E-state index contributed by atoms with van der Waals surface area (Å²) in [7, 11) is 0. The summed E-state index contributed by atoms with van der Waals surface area (Å²) in [4.78, 5) is 7.12. The summed E-state index contributed by atoms with van der Waals surface area (Å²) < 4.78 is 13.3. The Morgan fingerprint density at radius 2 is 2.07 bits per heavy atom. The molecule has 0 bridgehead atoms. The number of anilines is 1. The first-order chi connectivity index (χ1) is 12.7. The lowest BCUT2D eigenvalue weighted by Gasteiger charge is -2.33. The molecule has 2 N–H and O–H groups in total. The number of piperidine rings is 1. The molecule has 1 fully saturated rings. The van der Waals surface area contributed by atoms with Gasteiger partial charge in [-0.3, -0.25) is 4.99 Å². The van der Waals surface area contributed by atoms with Gasteiger partial charge in [0.05, 0.1) is 5.00 Å². The minimum Gasteiger partial charge on any atom is -0.363 e. The number of benzene rings is 1. The molecular formula is C20H28FIN4S. The third-order valence-corrected chi connectivity index (χ3v) is 5.49. The van der Waals surface area contributed by atoms with E-state index in [1.807, 2.05) is 6.07 Å². The summed E-state index contributed by atoms with van der Waals surface area (Å²) in [5, 5.41) is 10.4. The second kappa shape index (κ2) is 11.5. The lowest BCUT2D eigenvalue weighted by atomic mass is 10.1. The van der Waals surface area contributed by atoms with Crippen LogP contribution >= 0.6 is 35.3 Å². The molecule has 0 amide bonds. The first-order valence-corrected chi connectivity index (χ1v) is 10.2. The molecule has 1 aromatic heterocycles. The van der Waals surface area contributed by atoms with Crippen LogP contribution in [0.5, 0.6) is 0 Å². The molecule has 27 heavy (non-hydrogen) atoms. The maximum atomic E-state index is 13.3. The molecule has 7 heteroatoms. The second-order valence-electron chi connectivity index (χ2n) is 6.50. The zero-order chi connectivity index (χ0) is 18.2. The smallest absolute Gasteiger partial charge is 0.191 e. The van der Waals surface area contributed by atoms with E-state index in [0.29, 0.717) is 12.6 Å². The zero-order valence-corrected chi connectivity index (χ0v) is 18.8. The molecule has 1 aliphatic rings. The molecule has 2 aromatic rings. The van der Waals surface area contributed by atoms with Crippen molar-refractivity contribution in [2.75, 3.05) is 31.1 Å². The normalized spacial score (nSPS) is 15.3. The summed E-state index contributed by atoms with van der Waals surface area (Å²) in [6, 6.07) is 11.5. The Bertz CT molecular complexity index is 700. The van der Waals surface area contributed by atoms with Crippen LogP contribution in [0.25, 0.3) is 0 Å².